The molecule has 0 radical (unpaired) electrons. The van der Waals surface area contributed by atoms with E-state index in [9.17, 15) is 0 Å². The molecule has 0 saturated heterocycles. The zero-order valence-corrected chi connectivity index (χ0v) is 24.5. The van der Waals surface area contributed by atoms with Gasteiger partial charge in [-0.25, -0.2) is 0 Å². The number of allylic oxidation sites excluding steroid dienone is 8. The Hall–Kier alpha value is -4.10. The molecule has 204 valence electrons. The van der Waals surface area contributed by atoms with Crippen molar-refractivity contribution in [3.63, 3.8) is 0 Å². The van der Waals surface area contributed by atoms with E-state index in [1.54, 1.807) is 0 Å². The first-order valence-electron chi connectivity index (χ1n) is 14.5. The molecule has 0 amide bonds. The second-order valence-corrected chi connectivity index (χ2v) is 10.9. The highest BCUT2D eigenvalue weighted by Gasteiger charge is 2.49. The summed E-state index contributed by atoms with van der Waals surface area (Å²) in [5.41, 5.74) is 7.08. The van der Waals surface area contributed by atoms with Gasteiger partial charge in [0, 0.05) is 11.4 Å². The lowest BCUT2D eigenvalue weighted by atomic mass is 9.55. The van der Waals surface area contributed by atoms with Crippen molar-refractivity contribution in [3.8, 4) is 0 Å². The van der Waals surface area contributed by atoms with Gasteiger partial charge in [-0.05, 0) is 70.2 Å². The van der Waals surface area contributed by atoms with E-state index < -0.39 is 5.41 Å². The lowest BCUT2D eigenvalue weighted by Crippen LogP contribution is -2.40. The first-order valence-corrected chi connectivity index (χ1v) is 14.5. The molecule has 40 heavy (non-hydrogen) atoms. The third kappa shape index (κ3) is 5.61. The van der Waals surface area contributed by atoms with E-state index in [0.29, 0.717) is 5.92 Å². The maximum Gasteiger partial charge on any atom is 0.0664 e. The van der Waals surface area contributed by atoms with Gasteiger partial charge in [0.2, 0.25) is 0 Å². The Labute approximate surface area is 242 Å². The van der Waals surface area contributed by atoms with Crippen LogP contribution >= 0.6 is 0 Å². The molecule has 1 aliphatic carbocycles. The number of hydrogen-bond acceptors (Lipinski definition) is 1. The summed E-state index contributed by atoms with van der Waals surface area (Å²) in [6.07, 6.45) is 15.3. The molecule has 0 fully saturated rings. The number of hydrogen-bond donors (Lipinski definition) is 1. The Morgan fingerprint density at radius 2 is 1.43 bits per heavy atom. The van der Waals surface area contributed by atoms with Crippen molar-refractivity contribution in [2.45, 2.75) is 46.0 Å². The van der Waals surface area contributed by atoms with Crippen LogP contribution < -0.4 is 5.32 Å². The Bertz CT molecular complexity index is 1380. The van der Waals surface area contributed by atoms with Crippen molar-refractivity contribution in [2.24, 2.45) is 11.3 Å². The molecule has 1 N–H and O–H groups in total. The maximum absolute atomic E-state index is 4.75. The number of rotatable bonds is 9. The first kappa shape index (κ1) is 28.9. The third-order valence-electron chi connectivity index (χ3n) is 8.59. The molecule has 1 heteroatoms. The van der Waals surface area contributed by atoms with Crippen molar-refractivity contribution in [2.75, 3.05) is 5.32 Å². The van der Waals surface area contributed by atoms with Crippen molar-refractivity contribution < 1.29 is 0 Å². The van der Waals surface area contributed by atoms with Crippen molar-refractivity contribution in [1.29, 1.82) is 0 Å². The van der Waals surface area contributed by atoms with Gasteiger partial charge < -0.3 is 5.32 Å². The van der Waals surface area contributed by atoms with Crippen LogP contribution in [-0.4, -0.2) is 0 Å². The Balaban J connectivity index is 2.03. The summed E-state index contributed by atoms with van der Waals surface area (Å²) in [5.74, 6) is 0.303. The highest BCUT2D eigenvalue weighted by atomic mass is 14.9. The molecule has 0 saturated carbocycles. The van der Waals surface area contributed by atoms with Crippen molar-refractivity contribution in [1.82, 2.24) is 0 Å². The summed E-state index contributed by atoms with van der Waals surface area (Å²) < 4.78 is 0. The second-order valence-electron chi connectivity index (χ2n) is 10.9. The highest BCUT2D eigenvalue weighted by Crippen LogP contribution is 2.57. The fourth-order valence-corrected chi connectivity index (χ4v) is 5.91. The van der Waals surface area contributed by atoms with Crippen molar-refractivity contribution in [3.05, 3.63) is 174 Å². The molecule has 2 atom stereocenters. The summed E-state index contributed by atoms with van der Waals surface area (Å²) in [6.45, 7) is 18.6. The highest BCUT2D eigenvalue weighted by molar-refractivity contribution is 5.65. The SMILES string of the molecule is C=C(/C=C1\C(c2ccccc2)(c2ccccc2)C(=C)C=CC(C)C1(C)CC)/C(=C\C=C/CC)Nc1ccccc1. The predicted molar refractivity (Wildman–Crippen MR) is 174 cm³/mol. The number of nitrogens with one attached hydrogen (secondary N) is 1. The number of para-hydroxylation sites is 1. The molecule has 4 rings (SSSR count). The minimum atomic E-state index is -0.547. The molecular formula is C39H43N. The fourth-order valence-electron chi connectivity index (χ4n) is 5.91. The second kappa shape index (κ2) is 12.8. The van der Waals surface area contributed by atoms with E-state index in [-0.39, 0.29) is 5.41 Å². The van der Waals surface area contributed by atoms with Gasteiger partial charge in [0.25, 0.3) is 0 Å². The Morgan fingerprint density at radius 1 is 0.875 bits per heavy atom. The largest absolute Gasteiger partial charge is 0.355 e. The molecule has 0 bridgehead atoms. The van der Waals surface area contributed by atoms with Gasteiger partial charge in [-0.2, -0.15) is 0 Å². The van der Waals surface area contributed by atoms with Crippen LogP contribution in [0.2, 0.25) is 0 Å². The minimum absolute atomic E-state index is 0.151. The van der Waals surface area contributed by atoms with Gasteiger partial charge in [0.05, 0.1) is 5.41 Å². The lowest BCUT2D eigenvalue weighted by Gasteiger charge is -2.47. The fraction of sp³-hybridized carbons (Fsp3) is 0.231. The van der Waals surface area contributed by atoms with Crippen LogP contribution in [-0.2, 0) is 5.41 Å². The van der Waals surface area contributed by atoms with Gasteiger partial charge in [0.1, 0.15) is 0 Å². The van der Waals surface area contributed by atoms with Gasteiger partial charge >= 0.3 is 0 Å². The molecule has 0 heterocycles. The number of benzene rings is 3. The summed E-state index contributed by atoms with van der Waals surface area (Å²) >= 11 is 0. The maximum atomic E-state index is 4.75. The van der Waals surface area contributed by atoms with Crippen LogP contribution in [0.25, 0.3) is 0 Å². The summed E-state index contributed by atoms with van der Waals surface area (Å²) in [7, 11) is 0. The predicted octanol–water partition coefficient (Wildman–Crippen LogP) is 10.6. The zero-order chi connectivity index (χ0) is 28.6. The Morgan fingerprint density at radius 3 is 1.95 bits per heavy atom. The average Bonchev–Trinajstić information content (AvgIpc) is 3.07. The van der Waals surface area contributed by atoms with Gasteiger partial charge in [-0.1, -0.05) is 150 Å². The van der Waals surface area contributed by atoms with Crippen LogP contribution in [0.1, 0.15) is 51.7 Å². The summed E-state index contributed by atoms with van der Waals surface area (Å²) in [6, 6.07) is 32.0. The van der Waals surface area contributed by atoms with Crippen LogP contribution in [0.5, 0.6) is 0 Å². The van der Waals surface area contributed by atoms with Crippen LogP contribution in [0.3, 0.4) is 0 Å². The third-order valence-corrected chi connectivity index (χ3v) is 8.59. The standard InChI is InChI=1S/C39H43N/c1-7-9-13-26-36(40-35-24-18-12-19-25-35)30(3)29-37-38(6,8-2)31(4)27-28-32(5)39(37,33-20-14-10-15-21-33)34-22-16-11-17-23-34/h9-29,31,40H,3,5,7-8H2,1-2,4,6H3/b13-9-,36-26+,37-29-. The van der Waals surface area contributed by atoms with Crippen molar-refractivity contribution >= 4 is 5.69 Å². The zero-order valence-electron chi connectivity index (χ0n) is 24.5. The molecule has 3 aromatic rings. The monoisotopic (exact) mass is 525 g/mol. The minimum Gasteiger partial charge on any atom is -0.355 e. The molecular weight excluding hydrogens is 482 g/mol. The molecule has 0 aliphatic heterocycles. The summed E-state index contributed by atoms with van der Waals surface area (Å²) in [5, 5.41) is 3.65. The molecule has 0 aromatic heterocycles. The van der Waals surface area contributed by atoms with Crippen LogP contribution in [0.15, 0.2) is 163 Å². The lowest BCUT2D eigenvalue weighted by molar-refractivity contribution is 0.273. The molecule has 0 spiro atoms. The van der Waals surface area contributed by atoms with E-state index in [1.165, 1.54) is 16.7 Å². The Kier molecular flexibility index (Phi) is 9.27. The van der Waals surface area contributed by atoms with Gasteiger partial charge in [0.15, 0.2) is 0 Å². The summed E-state index contributed by atoms with van der Waals surface area (Å²) in [4.78, 5) is 0. The molecule has 2 unspecified atom stereocenters. The molecule has 1 aliphatic rings. The van der Waals surface area contributed by atoms with Gasteiger partial charge in [-0.3, -0.25) is 0 Å². The van der Waals surface area contributed by atoms with E-state index in [0.717, 1.165) is 35.4 Å². The quantitative estimate of drug-likeness (QED) is 0.274. The van der Waals surface area contributed by atoms with Crippen LogP contribution in [0.4, 0.5) is 5.69 Å². The van der Waals surface area contributed by atoms with E-state index in [1.807, 2.05) is 6.07 Å². The van der Waals surface area contributed by atoms with E-state index in [4.69, 9.17) is 6.58 Å². The topological polar surface area (TPSA) is 12.0 Å². The molecule has 1 nitrogen and oxygen atoms in total. The van der Waals surface area contributed by atoms with Gasteiger partial charge in [-0.15, -0.1) is 0 Å². The normalized spacial score (nSPS) is 21.9. The van der Waals surface area contributed by atoms with E-state index >= 15 is 0 Å². The molecule has 3 aromatic carbocycles. The van der Waals surface area contributed by atoms with Crippen LogP contribution in [0, 0.1) is 11.3 Å². The average molecular weight is 526 g/mol. The smallest absolute Gasteiger partial charge is 0.0664 e. The first-order chi connectivity index (χ1) is 19.4. The van der Waals surface area contributed by atoms with E-state index in [2.05, 4.69) is 161 Å². The number of anilines is 1.